The van der Waals surface area contributed by atoms with Crippen LogP contribution in [0.1, 0.15) is 6.42 Å². The number of aromatic nitrogens is 4. The monoisotopic (exact) mass is 270 g/mol. The average molecular weight is 270 g/mol. The van der Waals surface area contributed by atoms with Crippen LogP contribution in [0.5, 0.6) is 5.88 Å². The fourth-order valence-electron chi connectivity index (χ4n) is 2.13. The third kappa shape index (κ3) is 1.74. The van der Waals surface area contributed by atoms with E-state index in [1.54, 1.807) is 0 Å². The highest BCUT2D eigenvalue weighted by atomic mass is 19.2. The lowest BCUT2D eigenvalue weighted by atomic mass is 10.2. The Balaban J connectivity index is 2.08. The van der Waals surface area contributed by atoms with E-state index in [2.05, 4.69) is 15.0 Å². The van der Waals surface area contributed by atoms with Gasteiger partial charge in [-0.2, -0.15) is 9.37 Å². The molecular formula is C10H11FN4O4. The lowest BCUT2D eigenvalue weighted by Gasteiger charge is -2.21. The Morgan fingerprint density at radius 1 is 1.47 bits per heavy atom. The molecule has 3 heterocycles. The minimum absolute atomic E-state index is 0.0325. The van der Waals surface area contributed by atoms with E-state index >= 15 is 0 Å². The molecule has 1 fully saturated rings. The standard InChI is InChI=1S/C10H11FN4O4/c11-10(1-5(17)6(2-16)19-10)15-4-14-7-8(15)12-3-13-9(7)18/h3-6,16-17H,1-2H2,(H,12,13,18)/t5-,6+,10-/m0/s1. The number of imidazole rings is 1. The molecule has 8 nitrogen and oxygen atoms in total. The van der Waals surface area contributed by atoms with E-state index in [0.717, 1.165) is 17.2 Å². The van der Waals surface area contributed by atoms with E-state index in [1.807, 2.05) is 0 Å². The van der Waals surface area contributed by atoms with Gasteiger partial charge in [-0.25, -0.2) is 9.97 Å². The molecule has 0 unspecified atom stereocenters. The summed E-state index contributed by atoms with van der Waals surface area (Å²) in [4.78, 5) is 11.2. The molecule has 0 saturated carbocycles. The molecule has 0 aliphatic carbocycles. The van der Waals surface area contributed by atoms with Crippen LogP contribution >= 0.6 is 0 Å². The third-order valence-corrected chi connectivity index (χ3v) is 3.08. The Morgan fingerprint density at radius 2 is 2.26 bits per heavy atom. The molecule has 2 aromatic rings. The lowest BCUT2D eigenvalue weighted by molar-refractivity contribution is -0.200. The zero-order valence-corrected chi connectivity index (χ0v) is 9.64. The molecule has 2 aromatic heterocycles. The largest absolute Gasteiger partial charge is 0.492 e. The smallest absolute Gasteiger partial charge is 0.298 e. The first kappa shape index (κ1) is 12.2. The van der Waals surface area contributed by atoms with E-state index in [9.17, 15) is 14.6 Å². The van der Waals surface area contributed by atoms with Gasteiger partial charge in [0, 0.05) is 0 Å². The molecular weight excluding hydrogens is 259 g/mol. The van der Waals surface area contributed by atoms with Crippen LogP contribution in [0.4, 0.5) is 4.39 Å². The van der Waals surface area contributed by atoms with Crippen molar-refractivity contribution in [2.75, 3.05) is 6.61 Å². The van der Waals surface area contributed by atoms with Crippen molar-refractivity contribution < 1.29 is 24.4 Å². The van der Waals surface area contributed by atoms with Gasteiger partial charge in [0.15, 0.2) is 11.2 Å². The second kappa shape index (κ2) is 4.08. The SMILES string of the molecule is OC[C@H]1O[C@@](F)(n2cnc3c(O)ncnc32)C[C@@H]1O. The van der Waals surface area contributed by atoms with Crippen molar-refractivity contribution >= 4 is 11.2 Å². The second-order valence-corrected chi connectivity index (χ2v) is 4.28. The Morgan fingerprint density at radius 3 is 2.95 bits per heavy atom. The van der Waals surface area contributed by atoms with Crippen molar-refractivity contribution in [2.45, 2.75) is 24.6 Å². The molecule has 3 rings (SSSR count). The minimum atomic E-state index is -2.37. The number of nitrogens with zero attached hydrogens (tertiary/aromatic N) is 4. The first-order chi connectivity index (χ1) is 9.05. The molecule has 1 saturated heterocycles. The van der Waals surface area contributed by atoms with Crippen molar-refractivity contribution in [1.82, 2.24) is 19.5 Å². The number of alkyl halides is 1. The molecule has 0 amide bonds. The van der Waals surface area contributed by atoms with E-state index in [1.165, 1.54) is 0 Å². The molecule has 0 radical (unpaired) electrons. The number of hydrogen-bond donors (Lipinski definition) is 3. The average Bonchev–Trinajstić information content (AvgIpc) is 2.92. The number of ether oxygens (including phenoxy) is 1. The van der Waals surface area contributed by atoms with E-state index < -0.39 is 24.8 Å². The quantitative estimate of drug-likeness (QED) is 0.658. The highest BCUT2D eigenvalue weighted by Gasteiger charge is 2.48. The Labute approximate surface area is 106 Å². The maximum absolute atomic E-state index is 14.7. The fraction of sp³-hybridized carbons (Fsp3) is 0.500. The number of halogens is 1. The van der Waals surface area contributed by atoms with Gasteiger partial charge >= 0.3 is 0 Å². The summed E-state index contributed by atoms with van der Waals surface area (Å²) in [5, 5.41) is 28.1. The Hall–Kier alpha value is -1.84. The number of aromatic hydroxyl groups is 1. The van der Waals surface area contributed by atoms with Crippen LogP contribution < -0.4 is 0 Å². The zero-order valence-electron chi connectivity index (χ0n) is 9.64. The lowest BCUT2D eigenvalue weighted by Crippen LogP contribution is -2.29. The first-order valence-corrected chi connectivity index (χ1v) is 5.58. The van der Waals surface area contributed by atoms with Crippen LogP contribution in [0.3, 0.4) is 0 Å². The van der Waals surface area contributed by atoms with Crippen molar-refractivity contribution in [3.05, 3.63) is 12.7 Å². The number of aliphatic hydroxyl groups is 2. The van der Waals surface area contributed by atoms with Crippen molar-refractivity contribution in [3.63, 3.8) is 0 Å². The van der Waals surface area contributed by atoms with Crippen LogP contribution in [0.2, 0.25) is 0 Å². The Bertz CT molecular complexity index is 621. The van der Waals surface area contributed by atoms with E-state index in [0.29, 0.717) is 0 Å². The summed E-state index contributed by atoms with van der Waals surface area (Å²) in [6, 6.07) is 0. The van der Waals surface area contributed by atoms with Gasteiger partial charge in [0.25, 0.3) is 5.98 Å². The molecule has 0 spiro atoms. The summed E-state index contributed by atoms with van der Waals surface area (Å²) in [7, 11) is 0. The second-order valence-electron chi connectivity index (χ2n) is 4.28. The molecule has 0 aromatic carbocycles. The summed E-state index contributed by atoms with van der Waals surface area (Å²) in [5.74, 6) is -2.74. The summed E-state index contributed by atoms with van der Waals surface area (Å²) in [6.07, 6.45) is -0.352. The summed E-state index contributed by atoms with van der Waals surface area (Å²) >= 11 is 0. The summed E-state index contributed by atoms with van der Waals surface area (Å²) in [6.45, 7) is -0.500. The fourth-order valence-corrected chi connectivity index (χ4v) is 2.13. The van der Waals surface area contributed by atoms with Gasteiger partial charge in [-0.1, -0.05) is 0 Å². The van der Waals surface area contributed by atoms with Crippen LogP contribution in [0.15, 0.2) is 12.7 Å². The van der Waals surface area contributed by atoms with E-state index in [4.69, 9.17) is 9.84 Å². The molecule has 0 bridgehead atoms. The zero-order chi connectivity index (χ0) is 13.6. The number of hydrogen-bond acceptors (Lipinski definition) is 7. The van der Waals surface area contributed by atoms with Crippen LogP contribution in [-0.4, -0.2) is 53.7 Å². The van der Waals surface area contributed by atoms with Crippen LogP contribution in [0.25, 0.3) is 11.2 Å². The highest BCUT2D eigenvalue weighted by molar-refractivity contribution is 5.75. The van der Waals surface area contributed by atoms with Crippen LogP contribution in [-0.2, 0) is 10.7 Å². The molecule has 1 aliphatic heterocycles. The Kier molecular flexibility index (Phi) is 2.62. The summed E-state index contributed by atoms with van der Waals surface area (Å²) < 4.78 is 20.7. The van der Waals surface area contributed by atoms with Gasteiger partial charge < -0.3 is 20.1 Å². The van der Waals surface area contributed by atoms with Gasteiger partial charge in [0.1, 0.15) is 18.8 Å². The molecule has 3 N–H and O–H groups in total. The predicted molar refractivity (Wildman–Crippen MR) is 58.7 cm³/mol. The van der Waals surface area contributed by atoms with Crippen molar-refractivity contribution in [2.24, 2.45) is 0 Å². The van der Waals surface area contributed by atoms with Gasteiger partial charge in [-0.05, 0) is 0 Å². The van der Waals surface area contributed by atoms with E-state index in [-0.39, 0.29) is 23.5 Å². The summed E-state index contributed by atoms with van der Waals surface area (Å²) in [5.41, 5.74) is 0.0749. The van der Waals surface area contributed by atoms with Crippen molar-refractivity contribution in [1.29, 1.82) is 0 Å². The van der Waals surface area contributed by atoms with Gasteiger partial charge in [-0.3, -0.25) is 4.57 Å². The molecule has 1 aliphatic rings. The van der Waals surface area contributed by atoms with Crippen LogP contribution in [0, 0.1) is 0 Å². The first-order valence-electron chi connectivity index (χ1n) is 5.58. The van der Waals surface area contributed by atoms with Gasteiger partial charge in [0.2, 0.25) is 5.88 Å². The molecule has 102 valence electrons. The number of fused-ring (bicyclic) bond motifs is 1. The molecule has 3 atom stereocenters. The topological polar surface area (TPSA) is 114 Å². The molecule has 19 heavy (non-hydrogen) atoms. The molecule has 9 heteroatoms. The normalized spacial score (nSPS) is 31.1. The van der Waals surface area contributed by atoms with Crippen molar-refractivity contribution in [3.8, 4) is 5.88 Å². The number of aliphatic hydroxyl groups excluding tert-OH is 2. The number of rotatable bonds is 2. The minimum Gasteiger partial charge on any atom is -0.492 e. The maximum Gasteiger partial charge on any atom is 0.298 e. The highest BCUT2D eigenvalue weighted by Crippen LogP contribution is 2.38. The van der Waals surface area contributed by atoms with Gasteiger partial charge in [-0.15, -0.1) is 0 Å². The third-order valence-electron chi connectivity index (χ3n) is 3.08. The maximum atomic E-state index is 14.7. The predicted octanol–water partition coefficient (Wildman–Crippen LogP) is -0.746. The van der Waals surface area contributed by atoms with Gasteiger partial charge in [0.05, 0.1) is 19.1 Å².